The van der Waals surface area contributed by atoms with Crippen LogP contribution in [0, 0.1) is 11.6 Å². The van der Waals surface area contributed by atoms with Crippen molar-refractivity contribution in [3.8, 4) is 0 Å². The van der Waals surface area contributed by atoms with E-state index in [0.29, 0.717) is 12.2 Å². The van der Waals surface area contributed by atoms with Crippen LogP contribution in [0.25, 0.3) is 0 Å². The van der Waals surface area contributed by atoms with Gasteiger partial charge in [0.2, 0.25) is 10.0 Å². The third kappa shape index (κ3) is 2.64. The van der Waals surface area contributed by atoms with Crippen molar-refractivity contribution in [2.45, 2.75) is 17.5 Å². The fraction of sp³-hybridized carbons (Fsp3) is 0.158. The maximum Gasteiger partial charge on any atom is 0.246 e. The van der Waals surface area contributed by atoms with Crippen molar-refractivity contribution < 1.29 is 17.2 Å². The molecule has 0 aliphatic carbocycles. The van der Waals surface area contributed by atoms with Gasteiger partial charge in [-0.25, -0.2) is 17.2 Å². The van der Waals surface area contributed by atoms with Crippen LogP contribution in [-0.4, -0.2) is 23.8 Å². The fourth-order valence-electron chi connectivity index (χ4n) is 3.41. The molecule has 4 rings (SSSR count). The van der Waals surface area contributed by atoms with Crippen molar-refractivity contribution in [1.82, 2.24) is 8.87 Å². The Morgan fingerprint density at radius 2 is 1.54 bits per heavy atom. The maximum atomic E-state index is 14.5. The van der Waals surface area contributed by atoms with Crippen molar-refractivity contribution in [1.29, 1.82) is 0 Å². The van der Waals surface area contributed by atoms with Gasteiger partial charge >= 0.3 is 0 Å². The van der Waals surface area contributed by atoms with E-state index < -0.39 is 32.6 Å². The number of rotatable bonds is 3. The summed E-state index contributed by atoms with van der Waals surface area (Å²) in [6, 6.07) is 14.0. The van der Waals surface area contributed by atoms with Crippen molar-refractivity contribution >= 4 is 10.0 Å². The number of aromatic nitrogens is 1. The highest BCUT2D eigenvalue weighted by Gasteiger charge is 2.39. The normalized spacial score (nSPS) is 17.8. The van der Waals surface area contributed by atoms with Gasteiger partial charge in [-0.05, 0) is 30.3 Å². The molecule has 0 bridgehead atoms. The molecular weight excluding hydrogens is 358 g/mol. The minimum atomic E-state index is -4.15. The van der Waals surface area contributed by atoms with Gasteiger partial charge in [0, 0.05) is 30.5 Å². The molecule has 0 radical (unpaired) electrons. The van der Waals surface area contributed by atoms with Crippen LogP contribution in [0.4, 0.5) is 8.78 Å². The summed E-state index contributed by atoms with van der Waals surface area (Å²) in [5.74, 6) is -1.32. The van der Waals surface area contributed by atoms with Gasteiger partial charge in [-0.2, -0.15) is 4.31 Å². The van der Waals surface area contributed by atoms with Crippen molar-refractivity contribution in [3.05, 3.63) is 89.8 Å². The second-order valence-electron chi connectivity index (χ2n) is 6.10. The van der Waals surface area contributed by atoms with Crippen LogP contribution >= 0.6 is 0 Å². The molecule has 1 aromatic heterocycles. The standard InChI is InChI=1S/C19H16F2N2O2S/c20-15-7-2-1-6-14(15)19-17-9-5-11-22(17)12-13-23(19)26(24,25)18-10-4-3-8-16(18)21/h1-11,19H,12-13H2/t19-/m1/s1. The zero-order chi connectivity index (χ0) is 18.3. The Kier molecular flexibility index (Phi) is 4.13. The van der Waals surface area contributed by atoms with E-state index in [9.17, 15) is 17.2 Å². The summed E-state index contributed by atoms with van der Waals surface area (Å²) in [6.45, 7) is 0.540. The molecule has 1 aliphatic rings. The lowest BCUT2D eigenvalue weighted by Gasteiger charge is -2.36. The number of sulfonamides is 1. The first-order chi connectivity index (χ1) is 12.5. The van der Waals surface area contributed by atoms with Crippen LogP contribution in [0.3, 0.4) is 0 Å². The summed E-state index contributed by atoms with van der Waals surface area (Å²) in [4.78, 5) is -0.402. The molecule has 7 heteroatoms. The largest absolute Gasteiger partial charge is 0.348 e. The van der Waals surface area contributed by atoms with Gasteiger partial charge in [0.25, 0.3) is 0 Å². The van der Waals surface area contributed by atoms with Crippen LogP contribution in [0.1, 0.15) is 17.3 Å². The Morgan fingerprint density at radius 1 is 0.846 bits per heavy atom. The highest BCUT2D eigenvalue weighted by Crippen LogP contribution is 2.37. The quantitative estimate of drug-likeness (QED) is 0.704. The molecule has 0 N–H and O–H groups in total. The molecule has 0 saturated heterocycles. The minimum Gasteiger partial charge on any atom is -0.348 e. The van der Waals surface area contributed by atoms with E-state index >= 15 is 0 Å². The first-order valence-electron chi connectivity index (χ1n) is 8.16. The zero-order valence-corrected chi connectivity index (χ0v) is 14.5. The maximum absolute atomic E-state index is 14.5. The van der Waals surface area contributed by atoms with Crippen LogP contribution in [0.5, 0.6) is 0 Å². The second kappa shape index (κ2) is 6.34. The summed E-state index contributed by atoms with van der Waals surface area (Å²) in [5, 5.41) is 0. The van der Waals surface area contributed by atoms with Gasteiger partial charge < -0.3 is 4.57 Å². The Morgan fingerprint density at radius 3 is 2.27 bits per heavy atom. The number of hydrogen-bond donors (Lipinski definition) is 0. The van der Waals surface area contributed by atoms with E-state index in [2.05, 4.69) is 0 Å². The van der Waals surface area contributed by atoms with Crippen molar-refractivity contribution in [2.75, 3.05) is 6.54 Å². The predicted molar refractivity (Wildman–Crippen MR) is 93.0 cm³/mol. The van der Waals surface area contributed by atoms with Crippen LogP contribution in [0.2, 0.25) is 0 Å². The topological polar surface area (TPSA) is 42.3 Å². The van der Waals surface area contributed by atoms with E-state index in [-0.39, 0.29) is 12.1 Å². The SMILES string of the molecule is O=S(=O)(c1ccccc1F)N1CCn2cccc2[C@H]1c1ccccc1F. The highest BCUT2D eigenvalue weighted by atomic mass is 32.2. The average Bonchev–Trinajstić information content (AvgIpc) is 3.10. The van der Waals surface area contributed by atoms with Gasteiger partial charge in [-0.3, -0.25) is 0 Å². The molecule has 1 aliphatic heterocycles. The fourth-order valence-corrected chi connectivity index (χ4v) is 5.05. The van der Waals surface area contributed by atoms with E-state index in [1.54, 1.807) is 30.3 Å². The Bertz CT molecular complexity index is 1060. The third-order valence-electron chi connectivity index (χ3n) is 4.62. The van der Waals surface area contributed by atoms with Gasteiger partial charge in [0.1, 0.15) is 16.5 Å². The van der Waals surface area contributed by atoms with Gasteiger partial charge in [-0.1, -0.05) is 30.3 Å². The Labute approximate surface area is 150 Å². The van der Waals surface area contributed by atoms with Crippen LogP contribution < -0.4 is 0 Å². The average molecular weight is 374 g/mol. The van der Waals surface area contributed by atoms with E-state index in [4.69, 9.17) is 0 Å². The second-order valence-corrected chi connectivity index (χ2v) is 7.96. The number of fused-ring (bicyclic) bond motifs is 1. The predicted octanol–water partition coefficient (Wildman–Crippen LogP) is 3.56. The summed E-state index contributed by atoms with van der Waals surface area (Å²) < 4.78 is 58.2. The molecule has 0 saturated carbocycles. The van der Waals surface area contributed by atoms with Crippen molar-refractivity contribution in [3.63, 3.8) is 0 Å². The lowest BCUT2D eigenvalue weighted by atomic mass is 10.0. The molecule has 0 fully saturated rings. The number of nitrogens with zero attached hydrogens (tertiary/aromatic N) is 2. The first kappa shape index (κ1) is 16.9. The number of halogens is 2. The molecule has 0 spiro atoms. The molecule has 26 heavy (non-hydrogen) atoms. The van der Waals surface area contributed by atoms with Gasteiger partial charge in [-0.15, -0.1) is 0 Å². The minimum absolute atomic E-state index is 0.122. The summed E-state index contributed by atoms with van der Waals surface area (Å²) in [6.07, 6.45) is 1.83. The number of hydrogen-bond acceptors (Lipinski definition) is 2. The van der Waals surface area contributed by atoms with E-state index in [0.717, 1.165) is 6.07 Å². The molecule has 1 atom stereocenters. The van der Waals surface area contributed by atoms with E-state index in [1.165, 1.54) is 28.6 Å². The van der Waals surface area contributed by atoms with Gasteiger partial charge in [0.05, 0.1) is 6.04 Å². The summed E-state index contributed by atoms with van der Waals surface area (Å²) >= 11 is 0. The molecule has 0 unspecified atom stereocenters. The van der Waals surface area contributed by atoms with Crippen LogP contribution in [-0.2, 0) is 16.6 Å². The monoisotopic (exact) mass is 374 g/mol. The molecule has 3 aromatic rings. The molecule has 0 amide bonds. The van der Waals surface area contributed by atoms with Gasteiger partial charge in [0.15, 0.2) is 0 Å². The highest BCUT2D eigenvalue weighted by molar-refractivity contribution is 7.89. The lowest BCUT2D eigenvalue weighted by Crippen LogP contribution is -2.42. The van der Waals surface area contributed by atoms with Crippen LogP contribution in [0.15, 0.2) is 71.8 Å². The molecule has 4 nitrogen and oxygen atoms in total. The smallest absolute Gasteiger partial charge is 0.246 e. The molecule has 2 heterocycles. The Hall–Kier alpha value is -2.51. The number of benzene rings is 2. The lowest BCUT2D eigenvalue weighted by molar-refractivity contribution is 0.292. The van der Waals surface area contributed by atoms with E-state index in [1.807, 2.05) is 10.8 Å². The molecular formula is C19H16F2N2O2S. The molecule has 134 valence electrons. The Balaban J connectivity index is 1.90. The summed E-state index contributed by atoms with van der Waals surface area (Å²) in [7, 11) is -4.15. The third-order valence-corrected chi connectivity index (χ3v) is 6.51. The zero-order valence-electron chi connectivity index (χ0n) is 13.7. The molecule has 2 aromatic carbocycles. The first-order valence-corrected chi connectivity index (χ1v) is 9.60. The van der Waals surface area contributed by atoms with Crippen molar-refractivity contribution in [2.24, 2.45) is 0 Å². The summed E-state index contributed by atoms with van der Waals surface area (Å²) in [5.41, 5.74) is 0.897.